The van der Waals surface area contributed by atoms with E-state index in [-0.39, 0.29) is 21.7 Å². The van der Waals surface area contributed by atoms with E-state index in [9.17, 15) is 0 Å². The molecule has 0 aromatic heterocycles. The van der Waals surface area contributed by atoms with Crippen molar-refractivity contribution < 1.29 is 0 Å². The lowest BCUT2D eigenvalue weighted by atomic mass is 9.32. The summed E-state index contributed by atoms with van der Waals surface area (Å²) in [6, 6.07) is 29.9. The SMILES string of the molecule is Cc1ccc(C23CC4(c5ccc(C)c(C)c5)CC(c5ccc(C)c(C)c5)(C2)CC(c2ccc(C)c(C)c2)(C3)C4)cc1C. The lowest BCUT2D eigenvalue weighted by molar-refractivity contribution is -0.0692. The van der Waals surface area contributed by atoms with E-state index in [1.165, 1.54) is 83.0 Å². The van der Waals surface area contributed by atoms with Crippen LogP contribution in [0.4, 0.5) is 0 Å². The van der Waals surface area contributed by atoms with Crippen molar-refractivity contribution in [1.29, 1.82) is 0 Å². The standard InChI is InChI=1S/C42H48/c1-27-9-13-35(17-31(27)5)39-21-40(36-14-10-28(2)32(6)18-36)24-41(22-39,37-15-11-29(3)33(7)19-37)26-42(23-39,25-40)38-16-12-30(4)34(8)20-38/h9-20H,21-26H2,1-8H3. The highest BCUT2D eigenvalue weighted by Gasteiger charge is 2.69. The second-order valence-corrected chi connectivity index (χ2v) is 15.4. The maximum Gasteiger partial charge on any atom is -0.00214 e. The van der Waals surface area contributed by atoms with E-state index in [1.807, 2.05) is 0 Å². The molecule has 0 amide bonds. The van der Waals surface area contributed by atoms with Crippen LogP contribution in [0.3, 0.4) is 0 Å². The van der Waals surface area contributed by atoms with Crippen LogP contribution in [0, 0.1) is 55.4 Å². The molecule has 0 aliphatic heterocycles. The molecule has 4 aliphatic rings. The average molecular weight is 553 g/mol. The van der Waals surface area contributed by atoms with Gasteiger partial charge in [-0.2, -0.15) is 0 Å². The van der Waals surface area contributed by atoms with Gasteiger partial charge in [-0.25, -0.2) is 0 Å². The fraction of sp³-hybridized carbons (Fsp3) is 0.429. The third-order valence-corrected chi connectivity index (χ3v) is 12.5. The number of hydrogen-bond acceptors (Lipinski definition) is 0. The molecule has 0 heteroatoms. The summed E-state index contributed by atoms with van der Waals surface area (Å²) < 4.78 is 0. The molecule has 0 radical (unpaired) electrons. The highest BCUT2D eigenvalue weighted by molar-refractivity contribution is 5.52. The van der Waals surface area contributed by atoms with Crippen LogP contribution in [0.15, 0.2) is 72.8 Å². The quantitative estimate of drug-likeness (QED) is 0.236. The molecular formula is C42H48. The van der Waals surface area contributed by atoms with Gasteiger partial charge >= 0.3 is 0 Å². The van der Waals surface area contributed by atoms with Gasteiger partial charge in [-0.3, -0.25) is 0 Å². The fourth-order valence-electron chi connectivity index (χ4n) is 10.1. The van der Waals surface area contributed by atoms with E-state index in [1.54, 1.807) is 22.3 Å². The molecule has 0 N–H and O–H groups in total. The van der Waals surface area contributed by atoms with Crippen LogP contribution >= 0.6 is 0 Å². The summed E-state index contributed by atoms with van der Waals surface area (Å²) in [5, 5.41) is 0. The Bertz CT molecular complexity index is 1440. The zero-order valence-corrected chi connectivity index (χ0v) is 27.2. The summed E-state index contributed by atoms with van der Waals surface area (Å²) in [7, 11) is 0. The number of rotatable bonds is 4. The van der Waals surface area contributed by atoms with Crippen molar-refractivity contribution in [1.82, 2.24) is 0 Å². The van der Waals surface area contributed by atoms with Crippen molar-refractivity contribution in [2.75, 3.05) is 0 Å². The van der Waals surface area contributed by atoms with E-state index < -0.39 is 0 Å². The van der Waals surface area contributed by atoms with Gasteiger partial charge < -0.3 is 0 Å². The predicted molar refractivity (Wildman–Crippen MR) is 178 cm³/mol. The minimum absolute atomic E-state index is 0.142. The first-order chi connectivity index (χ1) is 19.9. The summed E-state index contributed by atoms with van der Waals surface area (Å²) in [6.07, 6.45) is 7.52. The molecule has 4 fully saturated rings. The Labute approximate surface area is 254 Å². The van der Waals surface area contributed by atoms with E-state index >= 15 is 0 Å². The van der Waals surface area contributed by atoms with Gasteiger partial charge in [-0.15, -0.1) is 0 Å². The summed E-state index contributed by atoms with van der Waals surface area (Å²) in [5.74, 6) is 0. The smallest absolute Gasteiger partial charge is 0.00214 e. The maximum atomic E-state index is 2.57. The molecule has 8 rings (SSSR count). The lowest BCUT2D eigenvalue weighted by Crippen LogP contribution is -2.67. The monoisotopic (exact) mass is 552 g/mol. The van der Waals surface area contributed by atoms with E-state index in [4.69, 9.17) is 0 Å². The van der Waals surface area contributed by atoms with Gasteiger partial charge in [-0.05, 0) is 182 Å². The van der Waals surface area contributed by atoms with Gasteiger partial charge in [-0.1, -0.05) is 72.8 Å². The zero-order chi connectivity index (χ0) is 29.7. The Morgan fingerprint density at radius 1 is 0.286 bits per heavy atom. The van der Waals surface area contributed by atoms with Gasteiger partial charge in [0.15, 0.2) is 0 Å². The van der Waals surface area contributed by atoms with Crippen LogP contribution in [0.5, 0.6) is 0 Å². The zero-order valence-electron chi connectivity index (χ0n) is 27.2. The normalized spacial score (nSPS) is 29.7. The van der Waals surface area contributed by atoms with Crippen LogP contribution < -0.4 is 0 Å². The molecule has 4 aromatic rings. The van der Waals surface area contributed by atoms with Gasteiger partial charge in [0.05, 0.1) is 0 Å². The third kappa shape index (κ3) is 4.00. The van der Waals surface area contributed by atoms with E-state index in [0.717, 1.165) is 0 Å². The molecule has 4 saturated carbocycles. The van der Waals surface area contributed by atoms with E-state index in [0.29, 0.717) is 0 Å². The second-order valence-electron chi connectivity index (χ2n) is 15.4. The summed E-state index contributed by atoms with van der Waals surface area (Å²) >= 11 is 0. The first-order valence-corrected chi connectivity index (χ1v) is 16.2. The number of aryl methyl sites for hydroxylation is 8. The van der Waals surface area contributed by atoms with Gasteiger partial charge in [0.1, 0.15) is 0 Å². The molecule has 0 saturated heterocycles. The molecule has 42 heavy (non-hydrogen) atoms. The van der Waals surface area contributed by atoms with Crippen molar-refractivity contribution in [3.63, 3.8) is 0 Å². The highest BCUT2D eigenvalue weighted by atomic mass is 14.7. The van der Waals surface area contributed by atoms with Crippen molar-refractivity contribution in [3.8, 4) is 0 Å². The van der Waals surface area contributed by atoms with E-state index in [2.05, 4.69) is 128 Å². The molecule has 0 spiro atoms. The van der Waals surface area contributed by atoms with Crippen LogP contribution in [-0.4, -0.2) is 0 Å². The van der Waals surface area contributed by atoms with Crippen LogP contribution in [0.25, 0.3) is 0 Å². The summed E-state index contributed by atoms with van der Waals surface area (Å²) in [4.78, 5) is 0. The highest BCUT2D eigenvalue weighted by Crippen LogP contribution is 2.75. The molecule has 4 aromatic carbocycles. The summed E-state index contributed by atoms with van der Waals surface area (Å²) in [5.41, 5.74) is 18.2. The van der Waals surface area contributed by atoms with Crippen LogP contribution in [0.2, 0.25) is 0 Å². The Hall–Kier alpha value is -3.12. The van der Waals surface area contributed by atoms with Crippen molar-refractivity contribution in [2.24, 2.45) is 0 Å². The minimum atomic E-state index is 0.142. The number of hydrogen-bond donors (Lipinski definition) is 0. The average Bonchev–Trinajstić information content (AvgIpc) is 2.94. The molecular weight excluding hydrogens is 504 g/mol. The largest absolute Gasteiger partial charge is 0.0588 e. The molecule has 0 nitrogen and oxygen atoms in total. The van der Waals surface area contributed by atoms with Gasteiger partial charge in [0, 0.05) is 0 Å². The third-order valence-electron chi connectivity index (χ3n) is 12.5. The maximum absolute atomic E-state index is 2.57. The first kappa shape index (κ1) is 27.7. The van der Waals surface area contributed by atoms with Crippen LogP contribution in [0.1, 0.15) is 105 Å². The topological polar surface area (TPSA) is 0 Å². The van der Waals surface area contributed by atoms with Crippen molar-refractivity contribution in [2.45, 2.75) is 116 Å². The molecule has 4 aliphatic carbocycles. The summed E-state index contributed by atoms with van der Waals surface area (Å²) in [6.45, 7) is 18.3. The minimum Gasteiger partial charge on any atom is -0.0588 e. The predicted octanol–water partition coefficient (Wildman–Crippen LogP) is 10.6. The molecule has 0 unspecified atom stereocenters. The number of benzene rings is 4. The van der Waals surface area contributed by atoms with Crippen LogP contribution in [-0.2, 0) is 21.7 Å². The Kier molecular flexibility index (Phi) is 6.06. The van der Waals surface area contributed by atoms with Crippen molar-refractivity contribution >= 4 is 0 Å². The molecule has 0 heterocycles. The molecule has 216 valence electrons. The molecule has 4 bridgehead atoms. The fourth-order valence-corrected chi connectivity index (χ4v) is 10.1. The Morgan fingerprint density at radius 3 is 0.643 bits per heavy atom. The lowest BCUT2D eigenvalue weighted by Gasteiger charge is -2.71. The van der Waals surface area contributed by atoms with Gasteiger partial charge in [0.25, 0.3) is 0 Å². The Balaban J connectivity index is 1.55. The molecule has 0 atom stereocenters. The second kappa shape index (κ2) is 9.19. The Morgan fingerprint density at radius 2 is 0.476 bits per heavy atom. The first-order valence-electron chi connectivity index (χ1n) is 16.2. The van der Waals surface area contributed by atoms with Gasteiger partial charge in [0.2, 0.25) is 0 Å². The van der Waals surface area contributed by atoms with Crippen molar-refractivity contribution in [3.05, 3.63) is 140 Å².